The number of thiazole rings is 1. The molecule has 0 bridgehead atoms. The summed E-state index contributed by atoms with van der Waals surface area (Å²) < 4.78 is 5.22. The number of aliphatic carboxylic acids is 1. The Morgan fingerprint density at radius 3 is 3.00 bits per heavy atom. The Balaban J connectivity index is 1.87. The third-order valence-electron chi connectivity index (χ3n) is 3.47. The van der Waals surface area contributed by atoms with Crippen LogP contribution in [-0.4, -0.2) is 59.3 Å². The fourth-order valence-corrected chi connectivity index (χ4v) is 2.99. The lowest BCUT2D eigenvalue weighted by molar-refractivity contribution is -0.142. The van der Waals surface area contributed by atoms with Gasteiger partial charge in [-0.2, -0.15) is 0 Å². The van der Waals surface area contributed by atoms with E-state index in [0.29, 0.717) is 19.5 Å². The number of carboxylic acid groups (broad SMARTS) is 1. The van der Waals surface area contributed by atoms with Gasteiger partial charge < -0.3 is 20.1 Å². The fourth-order valence-electron chi connectivity index (χ4n) is 2.37. The molecule has 2 rings (SSSR count). The predicted molar refractivity (Wildman–Crippen MR) is 77.3 cm³/mol. The van der Waals surface area contributed by atoms with Crippen LogP contribution in [0.4, 0.5) is 4.79 Å². The van der Waals surface area contributed by atoms with Gasteiger partial charge in [0.05, 0.1) is 24.3 Å². The van der Waals surface area contributed by atoms with Crippen molar-refractivity contribution >= 4 is 23.3 Å². The lowest BCUT2D eigenvalue weighted by Crippen LogP contribution is -2.50. The van der Waals surface area contributed by atoms with Crippen LogP contribution < -0.4 is 5.32 Å². The van der Waals surface area contributed by atoms with Crippen molar-refractivity contribution in [2.45, 2.75) is 19.4 Å². The number of amides is 2. The van der Waals surface area contributed by atoms with Crippen molar-refractivity contribution in [3.05, 3.63) is 16.6 Å². The number of nitrogens with one attached hydrogen (secondary N) is 1. The molecule has 0 aliphatic carbocycles. The number of rotatable bonds is 6. The third kappa shape index (κ3) is 3.92. The molecule has 1 aliphatic heterocycles. The maximum absolute atomic E-state index is 12.2. The second kappa shape index (κ2) is 7.37. The molecular weight excluding hydrogens is 294 g/mol. The normalized spacial score (nSPS) is 21.2. The van der Waals surface area contributed by atoms with Gasteiger partial charge in [-0.25, -0.2) is 9.78 Å². The van der Waals surface area contributed by atoms with Crippen molar-refractivity contribution in [1.82, 2.24) is 15.2 Å². The van der Waals surface area contributed by atoms with Gasteiger partial charge in [-0.3, -0.25) is 4.79 Å². The van der Waals surface area contributed by atoms with Gasteiger partial charge in [-0.1, -0.05) is 0 Å². The molecule has 1 fully saturated rings. The number of carbonyl (C=O) groups excluding carboxylic acids is 1. The molecule has 2 heterocycles. The van der Waals surface area contributed by atoms with Crippen LogP contribution >= 0.6 is 11.3 Å². The molecule has 1 aliphatic rings. The first-order valence-corrected chi connectivity index (χ1v) is 7.74. The number of carboxylic acids is 1. The number of hydrogen-bond donors (Lipinski definition) is 2. The highest BCUT2D eigenvalue weighted by Gasteiger charge is 2.39. The summed E-state index contributed by atoms with van der Waals surface area (Å²) in [5.74, 6) is -1.58. The molecule has 0 saturated carbocycles. The largest absolute Gasteiger partial charge is 0.481 e. The van der Waals surface area contributed by atoms with Gasteiger partial charge in [-0.15, -0.1) is 11.3 Å². The van der Waals surface area contributed by atoms with E-state index in [1.807, 2.05) is 12.3 Å². The first-order valence-electron chi connectivity index (χ1n) is 6.86. The Kier molecular flexibility index (Phi) is 5.51. The molecule has 116 valence electrons. The minimum atomic E-state index is -0.925. The average molecular weight is 313 g/mol. The van der Waals surface area contributed by atoms with Gasteiger partial charge in [0.1, 0.15) is 5.92 Å². The van der Waals surface area contributed by atoms with Gasteiger partial charge in [0.2, 0.25) is 0 Å². The van der Waals surface area contributed by atoms with Crippen molar-refractivity contribution in [2.75, 3.05) is 26.3 Å². The molecule has 0 spiro atoms. The molecule has 0 aromatic carbocycles. The van der Waals surface area contributed by atoms with Crippen molar-refractivity contribution in [2.24, 2.45) is 5.92 Å². The van der Waals surface area contributed by atoms with Crippen LogP contribution in [0.5, 0.6) is 0 Å². The van der Waals surface area contributed by atoms with E-state index in [-0.39, 0.29) is 19.2 Å². The number of aromatic nitrogens is 1. The molecule has 7 nitrogen and oxygen atoms in total. The summed E-state index contributed by atoms with van der Waals surface area (Å²) in [7, 11) is 0. The van der Waals surface area contributed by atoms with Crippen molar-refractivity contribution in [1.29, 1.82) is 0 Å². The van der Waals surface area contributed by atoms with Crippen LogP contribution in [0, 0.1) is 5.92 Å². The van der Waals surface area contributed by atoms with Crippen molar-refractivity contribution in [3.8, 4) is 0 Å². The smallest absolute Gasteiger partial charge is 0.317 e. The predicted octanol–water partition coefficient (Wildman–Crippen LogP) is 0.817. The molecular formula is C13H19N3O4S. The summed E-state index contributed by atoms with van der Waals surface area (Å²) in [6.07, 6.45) is 2.40. The number of carbonyl (C=O) groups is 2. The topological polar surface area (TPSA) is 91.8 Å². The van der Waals surface area contributed by atoms with Gasteiger partial charge in [0.15, 0.2) is 0 Å². The molecule has 2 N–H and O–H groups in total. The van der Waals surface area contributed by atoms with Gasteiger partial charge in [-0.05, 0) is 6.92 Å². The molecule has 2 amide bonds. The van der Waals surface area contributed by atoms with Crippen LogP contribution in [0.2, 0.25) is 0 Å². The Bertz CT molecular complexity index is 480. The van der Waals surface area contributed by atoms with E-state index in [1.54, 1.807) is 17.5 Å². The van der Waals surface area contributed by atoms with Crippen LogP contribution in [0.15, 0.2) is 11.6 Å². The Morgan fingerprint density at radius 2 is 2.38 bits per heavy atom. The number of nitrogens with zero attached hydrogens (tertiary/aromatic N) is 2. The minimum Gasteiger partial charge on any atom is -0.481 e. The van der Waals surface area contributed by atoms with E-state index in [2.05, 4.69) is 10.3 Å². The number of urea groups is 1. The first kappa shape index (κ1) is 15.7. The standard InChI is InChI=1S/C13H19N3O4S/c1-2-16(10-8-20-7-9(10)12(17)18)13(19)15-4-3-11-14-5-6-21-11/h5-6,9-10H,2-4,7-8H2,1H3,(H,15,19)(H,17,18). The van der Waals surface area contributed by atoms with E-state index in [4.69, 9.17) is 9.84 Å². The zero-order valence-electron chi connectivity index (χ0n) is 11.8. The lowest BCUT2D eigenvalue weighted by Gasteiger charge is -2.29. The Hall–Kier alpha value is -1.67. The lowest BCUT2D eigenvalue weighted by atomic mass is 10.0. The highest BCUT2D eigenvalue weighted by Crippen LogP contribution is 2.20. The average Bonchev–Trinajstić information content (AvgIpc) is 3.10. The van der Waals surface area contributed by atoms with Crippen molar-refractivity contribution in [3.63, 3.8) is 0 Å². The molecule has 8 heteroatoms. The van der Waals surface area contributed by atoms with Gasteiger partial charge >= 0.3 is 12.0 Å². The molecule has 1 saturated heterocycles. The Labute approximate surface area is 126 Å². The van der Waals surface area contributed by atoms with Crippen molar-refractivity contribution < 1.29 is 19.4 Å². The van der Waals surface area contributed by atoms with Crippen LogP contribution in [0.25, 0.3) is 0 Å². The molecule has 1 aromatic heterocycles. The summed E-state index contributed by atoms with van der Waals surface area (Å²) in [5.41, 5.74) is 0. The summed E-state index contributed by atoms with van der Waals surface area (Å²) in [6, 6.07) is -0.664. The third-order valence-corrected chi connectivity index (χ3v) is 4.31. The monoisotopic (exact) mass is 313 g/mol. The van der Waals surface area contributed by atoms with Crippen LogP contribution in [0.3, 0.4) is 0 Å². The van der Waals surface area contributed by atoms with E-state index >= 15 is 0 Å². The Morgan fingerprint density at radius 1 is 1.57 bits per heavy atom. The highest BCUT2D eigenvalue weighted by atomic mass is 32.1. The quantitative estimate of drug-likeness (QED) is 0.811. The minimum absolute atomic E-state index is 0.156. The summed E-state index contributed by atoms with van der Waals surface area (Å²) >= 11 is 1.54. The second-order valence-corrected chi connectivity index (χ2v) is 5.72. The summed E-state index contributed by atoms with van der Waals surface area (Å²) in [4.78, 5) is 29.1. The van der Waals surface area contributed by atoms with Gasteiger partial charge in [0.25, 0.3) is 0 Å². The van der Waals surface area contributed by atoms with E-state index in [9.17, 15) is 9.59 Å². The maximum Gasteiger partial charge on any atom is 0.317 e. The number of likely N-dealkylation sites (N-methyl/N-ethyl adjacent to an activating group) is 1. The zero-order valence-corrected chi connectivity index (χ0v) is 12.6. The van der Waals surface area contributed by atoms with Gasteiger partial charge in [0, 0.05) is 31.1 Å². The van der Waals surface area contributed by atoms with E-state index in [1.165, 1.54) is 4.90 Å². The van der Waals surface area contributed by atoms with Crippen LogP contribution in [-0.2, 0) is 16.0 Å². The second-order valence-electron chi connectivity index (χ2n) is 4.74. The summed E-state index contributed by atoms with van der Waals surface area (Å²) in [6.45, 7) is 3.18. The molecule has 2 unspecified atom stereocenters. The fraction of sp³-hybridized carbons (Fsp3) is 0.615. The molecule has 1 aromatic rings. The first-order chi connectivity index (χ1) is 10.1. The van der Waals surface area contributed by atoms with E-state index < -0.39 is 17.9 Å². The van der Waals surface area contributed by atoms with Crippen LogP contribution in [0.1, 0.15) is 11.9 Å². The number of ether oxygens (including phenoxy) is 1. The highest BCUT2D eigenvalue weighted by molar-refractivity contribution is 7.09. The SMILES string of the molecule is CCN(C(=O)NCCc1nccs1)C1COCC1C(=O)O. The van der Waals surface area contributed by atoms with E-state index in [0.717, 1.165) is 5.01 Å². The zero-order chi connectivity index (χ0) is 15.2. The number of hydrogen-bond acceptors (Lipinski definition) is 5. The molecule has 2 atom stereocenters. The molecule has 21 heavy (non-hydrogen) atoms. The molecule has 0 radical (unpaired) electrons. The maximum atomic E-state index is 12.2. The summed E-state index contributed by atoms with van der Waals surface area (Å²) in [5, 5.41) is 14.8.